The van der Waals surface area contributed by atoms with Crippen molar-refractivity contribution in [3.8, 4) is 0 Å². The third-order valence-corrected chi connectivity index (χ3v) is 5.61. The van der Waals surface area contributed by atoms with E-state index in [1.807, 2.05) is 0 Å². The third-order valence-electron chi connectivity index (χ3n) is 4.77. The Labute approximate surface area is 193 Å². The van der Waals surface area contributed by atoms with E-state index in [-0.39, 0.29) is 30.1 Å². The Morgan fingerprint density at radius 2 is 1.88 bits per heavy atom. The van der Waals surface area contributed by atoms with Gasteiger partial charge in [0.15, 0.2) is 6.10 Å². The van der Waals surface area contributed by atoms with Crippen LogP contribution in [0, 0.1) is 0 Å². The molecule has 1 aromatic heterocycles. The third kappa shape index (κ3) is 5.22. The van der Waals surface area contributed by atoms with Crippen LogP contribution in [0.15, 0.2) is 24.3 Å². The smallest absolute Gasteiger partial charge is 0.329 e. The van der Waals surface area contributed by atoms with Crippen molar-refractivity contribution in [2.75, 3.05) is 16.8 Å². The molecule has 3 rings (SSSR count). The fourth-order valence-electron chi connectivity index (χ4n) is 3.16. The second kappa shape index (κ2) is 10.3. The number of fused-ring (bicyclic) bond motifs is 1. The number of nitrogens with zero attached hydrogens (tertiary/aromatic N) is 3. The largest absolute Gasteiger partial charge is 0.466 e. The number of carbonyl (C=O) groups excluding carboxylic acids is 5. The molecule has 33 heavy (non-hydrogen) atoms. The quantitative estimate of drug-likeness (QED) is 0.422. The first-order valence-electron chi connectivity index (χ1n) is 10.2. The number of nitrogens with one attached hydrogen (secondary N) is 1. The molecule has 0 spiro atoms. The summed E-state index contributed by atoms with van der Waals surface area (Å²) in [6, 6.07) is 5.23. The number of Topliss-reactive ketones (excluding diaryl/α,β-unsaturated/α-hetero) is 1. The summed E-state index contributed by atoms with van der Waals surface area (Å²) >= 11 is 0.996. The summed E-state index contributed by atoms with van der Waals surface area (Å²) in [6.07, 6.45) is -1.08. The molecule has 0 radical (unpaired) electrons. The molecule has 0 aliphatic carbocycles. The number of hydrogen-bond donors (Lipinski definition) is 1. The van der Waals surface area contributed by atoms with Crippen molar-refractivity contribution in [3.05, 3.63) is 34.8 Å². The highest BCUT2D eigenvalue weighted by atomic mass is 32.1. The predicted octanol–water partition coefficient (Wildman–Crippen LogP) is 1.52. The summed E-state index contributed by atoms with van der Waals surface area (Å²) in [4.78, 5) is 62.5. The molecule has 2 aromatic rings. The fraction of sp³-hybridized carbons (Fsp3) is 0.381. The summed E-state index contributed by atoms with van der Waals surface area (Å²) in [5, 5.41) is 10.6. The van der Waals surface area contributed by atoms with Crippen LogP contribution in [0.25, 0.3) is 0 Å². The Morgan fingerprint density at radius 1 is 1.15 bits per heavy atom. The Hall–Kier alpha value is -3.67. The van der Waals surface area contributed by atoms with E-state index in [2.05, 4.69) is 15.5 Å². The normalized spacial score (nSPS) is 14.5. The van der Waals surface area contributed by atoms with E-state index >= 15 is 0 Å². The van der Waals surface area contributed by atoms with Crippen LogP contribution >= 0.6 is 11.3 Å². The fourth-order valence-corrected chi connectivity index (χ4v) is 3.89. The van der Waals surface area contributed by atoms with E-state index in [1.54, 1.807) is 32.0 Å². The maximum Gasteiger partial charge on any atom is 0.329 e. The minimum Gasteiger partial charge on any atom is -0.466 e. The topological polar surface area (TPSA) is 145 Å². The average Bonchev–Trinajstić information content (AvgIpc) is 3.33. The van der Waals surface area contributed by atoms with Gasteiger partial charge >= 0.3 is 11.9 Å². The van der Waals surface area contributed by atoms with Crippen LogP contribution in [0.5, 0.6) is 0 Å². The van der Waals surface area contributed by atoms with Crippen molar-refractivity contribution in [2.24, 2.45) is 0 Å². The molecule has 2 unspecified atom stereocenters. The molecule has 1 aliphatic rings. The van der Waals surface area contributed by atoms with E-state index in [0.29, 0.717) is 10.7 Å². The lowest BCUT2D eigenvalue weighted by atomic mass is 10.1. The van der Waals surface area contributed by atoms with Gasteiger partial charge in [0.1, 0.15) is 11.0 Å². The molecule has 2 atom stereocenters. The first kappa shape index (κ1) is 24.0. The number of amides is 2. The zero-order valence-electron chi connectivity index (χ0n) is 18.2. The van der Waals surface area contributed by atoms with E-state index in [1.165, 1.54) is 13.0 Å². The Morgan fingerprint density at radius 3 is 2.58 bits per heavy atom. The standard InChI is InChI=1S/C21H22N4O7S/c1-4-14(18(28)22-21-24-23-15(33-21)10-16(26)31-5-2)32-20(30)11(3)25-13-9-7-6-8-12(13)17(27)19(25)29/h6-9,11,14H,4-5,10H2,1-3H3,(H,22,24,28). The number of anilines is 2. The van der Waals surface area contributed by atoms with Crippen molar-refractivity contribution in [3.63, 3.8) is 0 Å². The second-order valence-electron chi connectivity index (χ2n) is 7.00. The Kier molecular flexibility index (Phi) is 7.48. The van der Waals surface area contributed by atoms with Gasteiger partial charge in [0.25, 0.3) is 17.6 Å². The number of carbonyl (C=O) groups is 5. The van der Waals surface area contributed by atoms with Crippen LogP contribution in [-0.4, -0.2) is 58.5 Å². The van der Waals surface area contributed by atoms with E-state index in [0.717, 1.165) is 16.2 Å². The second-order valence-corrected chi connectivity index (χ2v) is 8.07. The molecule has 0 fully saturated rings. The van der Waals surface area contributed by atoms with Gasteiger partial charge in [-0.1, -0.05) is 30.4 Å². The highest BCUT2D eigenvalue weighted by Crippen LogP contribution is 2.30. The monoisotopic (exact) mass is 474 g/mol. The molecular weight excluding hydrogens is 452 g/mol. The van der Waals surface area contributed by atoms with Crippen molar-refractivity contribution < 1.29 is 33.4 Å². The summed E-state index contributed by atoms with van der Waals surface area (Å²) in [7, 11) is 0. The van der Waals surface area contributed by atoms with Crippen LogP contribution in [0.2, 0.25) is 0 Å². The van der Waals surface area contributed by atoms with Crippen molar-refractivity contribution in [1.29, 1.82) is 0 Å². The van der Waals surface area contributed by atoms with Crippen molar-refractivity contribution in [2.45, 2.75) is 45.8 Å². The molecule has 0 saturated heterocycles. The van der Waals surface area contributed by atoms with Gasteiger partial charge in [-0.15, -0.1) is 10.2 Å². The van der Waals surface area contributed by atoms with Gasteiger partial charge in [-0.25, -0.2) is 4.79 Å². The van der Waals surface area contributed by atoms with Gasteiger partial charge in [-0.2, -0.15) is 0 Å². The molecule has 12 heteroatoms. The van der Waals surface area contributed by atoms with E-state index < -0.39 is 41.7 Å². The van der Waals surface area contributed by atoms with Crippen LogP contribution in [0.1, 0.15) is 42.6 Å². The Bertz CT molecular complexity index is 1100. The highest BCUT2D eigenvalue weighted by Gasteiger charge is 2.41. The lowest BCUT2D eigenvalue weighted by molar-refractivity contribution is -0.155. The zero-order valence-corrected chi connectivity index (χ0v) is 19.0. The summed E-state index contributed by atoms with van der Waals surface area (Å²) in [5.74, 6) is -3.47. The van der Waals surface area contributed by atoms with Gasteiger partial charge < -0.3 is 9.47 Å². The lowest BCUT2D eigenvalue weighted by Crippen LogP contribution is -2.45. The maximum atomic E-state index is 12.7. The Balaban J connectivity index is 1.63. The van der Waals surface area contributed by atoms with Crippen LogP contribution < -0.4 is 10.2 Å². The average molecular weight is 474 g/mol. The molecule has 1 aliphatic heterocycles. The summed E-state index contributed by atoms with van der Waals surface area (Å²) < 4.78 is 10.2. The zero-order chi connectivity index (χ0) is 24.1. The predicted molar refractivity (Wildman–Crippen MR) is 117 cm³/mol. The number of hydrogen-bond acceptors (Lipinski definition) is 10. The number of ether oxygens (including phenoxy) is 2. The highest BCUT2D eigenvalue weighted by molar-refractivity contribution is 7.15. The SMILES string of the molecule is CCOC(=O)Cc1nnc(NC(=O)C(CC)OC(=O)C(C)N2C(=O)C(=O)c3ccccc32)s1. The van der Waals surface area contributed by atoms with E-state index in [9.17, 15) is 24.0 Å². The summed E-state index contributed by atoms with van der Waals surface area (Å²) in [5.41, 5.74) is 0.527. The maximum absolute atomic E-state index is 12.7. The molecule has 2 heterocycles. The van der Waals surface area contributed by atoms with Gasteiger partial charge in [-0.05, 0) is 32.4 Å². The molecule has 0 saturated carbocycles. The number of rotatable bonds is 9. The molecule has 0 bridgehead atoms. The number of benzene rings is 1. The van der Waals surface area contributed by atoms with Gasteiger partial charge in [0.05, 0.1) is 24.3 Å². The molecule has 1 N–H and O–H groups in total. The van der Waals surface area contributed by atoms with E-state index in [4.69, 9.17) is 9.47 Å². The number of ketones is 1. The van der Waals surface area contributed by atoms with Crippen LogP contribution in [0.4, 0.5) is 10.8 Å². The van der Waals surface area contributed by atoms with Gasteiger partial charge in [-0.3, -0.25) is 29.4 Å². The molecular formula is C21H22N4O7S. The van der Waals surface area contributed by atoms with Gasteiger partial charge in [0.2, 0.25) is 5.13 Å². The summed E-state index contributed by atoms with van der Waals surface area (Å²) in [6.45, 7) is 5.00. The number of para-hydroxylation sites is 1. The molecule has 1 aromatic carbocycles. The first-order chi connectivity index (χ1) is 15.8. The number of aromatic nitrogens is 2. The van der Waals surface area contributed by atoms with Crippen molar-refractivity contribution >= 4 is 51.7 Å². The minimum absolute atomic E-state index is 0.0743. The molecule has 11 nitrogen and oxygen atoms in total. The number of esters is 2. The van der Waals surface area contributed by atoms with Crippen LogP contribution in [0.3, 0.4) is 0 Å². The van der Waals surface area contributed by atoms with Crippen molar-refractivity contribution in [1.82, 2.24) is 10.2 Å². The molecule has 174 valence electrons. The molecule has 2 amide bonds. The van der Waals surface area contributed by atoms with Gasteiger partial charge in [0, 0.05) is 0 Å². The first-order valence-corrected chi connectivity index (χ1v) is 11.0. The van der Waals surface area contributed by atoms with Crippen LogP contribution in [-0.2, 0) is 35.1 Å². The minimum atomic E-state index is -1.17. The lowest BCUT2D eigenvalue weighted by Gasteiger charge is -2.25.